The number of anilines is 1. The van der Waals surface area contributed by atoms with Crippen molar-refractivity contribution >= 4 is 66.5 Å². The van der Waals surface area contributed by atoms with Gasteiger partial charge in [0.15, 0.2) is 35.2 Å². The van der Waals surface area contributed by atoms with Crippen LogP contribution in [0.3, 0.4) is 0 Å². The lowest BCUT2D eigenvalue weighted by atomic mass is 10.1. The first-order chi connectivity index (χ1) is 19.5. The molecule has 2 bridgehead atoms. The molecule has 4 aromatic heterocycles. The molecule has 1 saturated heterocycles. The maximum atomic E-state index is 15.8. The minimum atomic E-state index is -4.34. The van der Waals surface area contributed by atoms with Crippen LogP contribution in [0.25, 0.3) is 21.9 Å². The van der Waals surface area contributed by atoms with E-state index >= 15 is 4.39 Å². The average Bonchev–Trinajstić information content (AvgIpc) is 3.69. The number of ether oxygens (including phenoxy) is 1. The first-order valence-corrected chi connectivity index (χ1v) is 17.8. The zero-order chi connectivity index (χ0) is 28.9. The summed E-state index contributed by atoms with van der Waals surface area (Å²) < 4.78 is 71.6. The molecular formula is C17H19FN10O8P2S3. The van der Waals surface area contributed by atoms with Crippen LogP contribution in [0.5, 0.6) is 0 Å². The Hall–Kier alpha value is -2.26. The molecule has 220 valence electrons. The van der Waals surface area contributed by atoms with Gasteiger partial charge in [-0.3, -0.25) is 32.9 Å². The van der Waals surface area contributed by atoms with E-state index in [-0.39, 0.29) is 36.1 Å². The average molecular weight is 669 g/mol. The molecule has 0 aromatic carbocycles. The highest BCUT2D eigenvalue weighted by Gasteiger charge is 2.51. The van der Waals surface area contributed by atoms with Gasteiger partial charge < -0.3 is 10.5 Å². The van der Waals surface area contributed by atoms with Gasteiger partial charge in [-0.15, -0.1) is 21.5 Å². The standard InChI is InChI=1S/C17H19FN10O8P2S3/c18-10-7-4-33-37(30,39)32-2-1-27-9(21-13(25-27)8-3-20-6-41-8)5-34-38(31,40)36-12(10)16(35-7)28-14-11(24-26-28)15(29)23-17(19)22-14/h3,6-7,10,12,16H,1-2,4-5H2,(H,30,39)(H,31,40)(H3,19,22,23,29)/t7-,10-,12-,16-,37?,38?/m1/s1. The minimum Gasteiger partial charge on any atom is -0.369 e. The third-order valence-corrected chi connectivity index (χ3v) is 9.87. The van der Waals surface area contributed by atoms with E-state index in [1.807, 2.05) is 0 Å². The Kier molecular flexibility index (Phi) is 7.81. The number of hydrogen-bond donors (Lipinski definition) is 4. The van der Waals surface area contributed by atoms with Crippen molar-refractivity contribution in [1.29, 1.82) is 0 Å². The number of hydrogen-bond acceptors (Lipinski definition) is 16. The van der Waals surface area contributed by atoms with Crippen LogP contribution in [0.15, 0.2) is 16.5 Å². The molecular weight excluding hydrogens is 649 g/mol. The van der Waals surface area contributed by atoms with Crippen molar-refractivity contribution in [2.45, 2.75) is 37.8 Å². The summed E-state index contributed by atoms with van der Waals surface area (Å²) in [5.41, 5.74) is 6.14. The van der Waals surface area contributed by atoms with Crippen LogP contribution >= 0.6 is 49.4 Å². The van der Waals surface area contributed by atoms with Gasteiger partial charge in [-0.25, -0.2) is 23.2 Å². The Balaban J connectivity index is 1.35. The quantitative estimate of drug-likeness (QED) is 0.176. The number of fused-ring (bicyclic) bond motifs is 4. The molecule has 0 radical (unpaired) electrons. The predicted molar refractivity (Wildman–Crippen MR) is 145 cm³/mol. The number of thiol groups is 2. The molecule has 2 aliphatic heterocycles. The zero-order valence-corrected chi connectivity index (χ0v) is 24.7. The molecule has 41 heavy (non-hydrogen) atoms. The van der Waals surface area contributed by atoms with Gasteiger partial charge in [-0.1, -0.05) is 29.7 Å². The number of aromatic nitrogens is 9. The van der Waals surface area contributed by atoms with Crippen LogP contribution < -0.4 is 11.3 Å². The maximum Gasteiger partial charge on any atom is 0.387 e. The molecule has 24 heteroatoms. The van der Waals surface area contributed by atoms with Crippen LogP contribution in [0.1, 0.15) is 12.1 Å². The lowest BCUT2D eigenvalue weighted by molar-refractivity contribution is -0.0512. The Morgan fingerprint density at radius 3 is 2.80 bits per heavy atom. The predicted octanol–water partition coefficient (Wildman–Crippen LogP) is 1.77. The fourth-order valence-electron chi connectivity index (χ4n) is 4.03. The fraction of sp³-hybridized carbons (Fsp3) is 0.471. The number of nitrogens with two attached hydrogens (primary N) is 1. The minimum absolute atomic E-state index is 0.0289. The molecule has 6 rings (SSSR count). The van der Waals surface area contributed by atoms with Crippen molar-refractivity contribution in [1.82, 2.24) is 44.7 Å². The summed E-state index contributed by atoms with van der Waals surface area (Å²) in [7, 11) is 0. The number of thiazole rings is 1. The Labute approximate surface area is 242 Å². The van der Waals surface area contributed by atoms with Crippen LogP contribution in [0.4, 0.5) is 10.3 Å². The summed E-state index contributed by atoms with van der Waals surface area (Å²) in [4.78, 5) is 27.5. The topological polar surface area (TPSA) is 226 Å². The van der Waals surface area contributed by atoms with Crippen molar-refractivity contribution in [3.63, 3.8) is 0 Å². The molecule has 0 aliphatic carbocycles. The second kappa shape index (κ2) is 11.1. The Bertz CT molecular complexity index is 1740. The number of halogens is 1. The molecule has 0 amide bonds. The molecule has 2 unspecified atom stereocenters. The second-order valence-corrected chi connectivity index (χ2v) is 15.2. The Morgan fingerprint density at radius 1 is 1.20 bits per heavy atom. The zero-order valence-electron chi connectivity index (χ0n) is 20.3. The van der Waals surface area contributed by atoms with Crippen LogP contribution in [-0.2, 0) is 45.1 Å². The van der Waals surface area contributed by atoms with Gasteiger partial charge in [-0.2, -0.15) is 9.67 Å². The first-order valence-electron chi connectivity index (χ1n) is 11.5. The van der Waals surface area contributed by atoms with Gasteiger partial charge in [0.25, 0.3) is 5.56 Å². The molecule has 1 fully saturated rings. The van der Waals surface area contributed by atoms with E-state index in [2.05, 4.69) is 59.8 Å². The highest BCUT2D eigenvalue weighted by Crippen LogP contribution is 2.58. The van der Waals surface area contributed by atoms with Gasteiger partial charge in [0.05, 0.1) is 30.1 Å². The molecule has 2 aliphatic rings. The van der Waals surface area contributed by atoms with Gasteiger partial charge in [0, 0.05) is 6.20 Å². The van der Waals surface area contributed by atoms with Gasteiger partial charge in [0.1, 0.15) is 18.8 Å². The van der Waals surface area contributed by atoms with Crippen molar-refractivity contribution in [3.05, 3.63) is 27.9 Å². The summed E-state index contributed by atoms with van der Waals surface area (Å²) in [6.07, 6.45) is -5.19. The van der Waals surface area contributed by atoms with E-state index in [9.17, 15) is 13.9 Å². The summed E-state index contributed by atoms with van der Waals surface area (Å²) in [5.74, 6) is 0.198. The third kappa shape index (κ3) is 5.99. The maximum absolute atomic E-state index is 15.8. The molecule has 0 saturated carbocycles. The highest BCUT2D eigenvalue weighted by molar-refractivity contribution is 8.44. The van der Waals surface area contributed by atoms with Crippen LogP contribution in [0.2, 0.25) is 0 Å². The normalized spacial score (nSPS) is 31.5. The molecule has 3 N–H and O–H groups in total. The lowest BCUT2D eigenvalue weighted by Crippen LogP contribution is -2.32. The van der Waals surface area contributed by atoms with E-state index < -0.39 is 57.0 Å². The molecule has 0 spiro atoms. The van der Waals surface area contributed by atoms with E-state index in [1.165, 1.54) is 16.0 Å². The summed E-state index contributed by atoms with van der Waals surface area (Å²) in [6.45, 7) is -9.58. The summed E-state index contributed by atoms with van der Waals surface area (Å²) in [5, 5.41) is 12.0. The van der Waals surface area contributed by atoms with Crippen LogP contribution in [0, 0.1) is 0 Å². The molecule has 18 nitrogen and oxygen atoms in total. The van der Waals surface area contributed by atoms with E-state index in [4.69, 9.17) is 28.6 Å². The van der Waals surface area contributed by atoms with Gasteiger partial charge in [-0.05, 0) is 0 Å². The number of H-pyrrole nitrogens is 1. The summed E-state index contributed by atoms with van der Waals surface area (Å²) >= 11 is 9.27. The number of aromatic amines is 1. The van der Waals surface area contributed by atoms with Crippen LogP contribution in [-0.4, -0.2) is 76.3 Å². The lowest BCUT2D eigenvalue weighted by Gasteiger charge is -2.23. The van der Waals surface area contributed by atoms with Crippen molar-refractivity contribution in [3.8, 4) is 10.7 Å². The molecule has 6 heterocycles. The molecule has 6 atom stereocenters. The monoisotopic (exact) mass is 668 g/mol. The summed E-state index contributed by atoms with van der Waals surface area (Å²) in [6, 6.07) is 0. The van der Waals surface area contributed by atoms with E-state index in [0.29, 0.717) is 10.7 Å². The third-order valence-electron chi connectivity index (χ3n) is 5.83. The van der Waals surface area contributed by atoms with E-state index in [0.717, 1.165) is 4.68 Å². The highest BCUT2D eigenvalue weighted by atomic mass is 32.7. The largest absolute Gasteiger partial charge is 0.387 e. The SMILES string of the molecule is Nc1nc2c(nnn2[C@@H]2O[C@@H]3COP(=O)(S)OCCn4nc(-c5cncs5)nc4COP(=O)(S)O[C@@H]2[C@@H]3F)c(=O)[nH]1. The van der Waals surface area contributed by atoms with Crippen molar-refractivity contribution < 1.29 is 36.4 Å². The number of rotatable bonds is 2. The second-order valence-electron chi connectivity index (χ2n) is 8.52. The molecule has 4 aromatic rings. The Morgan fingerprint density at radius 2 is 2.02 bits per heavy atom. The van der Waals surface area contributed by atoms with Crippen molar-refractivity contribution in [2.24, 2.45) is 0 Å². The number of nitrogen functional groups attached to an aromatic ring is 1. The fourth-order valence-corrected chi connectivity index (χ4v) is 7.11. The smallest absolute Gasteiger partial charge is 0.369 e. The van der Waals surface area contributed by atoms with Gasteiger partial charge >= 0.3 is 13.6 Å². The van der Waals surface area contributed by atoms with E-state index in [1.54, 1.807) is 11.7 Å². The van der Waals surface area contributed by atoms with Crippen molar-refractivity contribution in [2.75, 3.05) is 18.9 Å². The number of nitrogens with one attached hydrogen (secondary N) is 1. The number of alkyl halides is 1. The van der Waals surface area contributed by atoms with Gasteiger partial charge in [0.2, 0.25) is 5.95 Å². The first kappa shape index (κ1) is 28.8. The number of nitrogens with zero attached hydrogens (tertiary/aromatic N) is 8.